The minimum atomic E-state index is 0.413. The van der Waals surface area contributed by atoms with E-state index in [2.05, 4.69) is 6.07 Å². The molecule has 0 heterocycles. The van der Waals surface area contributed by atoms with Crippen LogP contribution in [0.4, 0.5) is 0 Å². The monoisotopic (exact) mass is 241 g/mol. The van der Waals surface area contributed by atoms with Crippen LogP contribution in [-0.2, 0) is 4.74 Å². The SMILES string of the molecule is COCCCCC(CN)c1cccc(Cl)c1. The van der Waals surface area contributed by atoms with Gasteiger partial charge in [-0.2, -0.15) is 0 Å². The minimum Gasteiger partial charge on any atom is -0.385 e. The highest BCUT2D eigenvalue weighted by Gasteiger charge is 2.09. The standard InChI is InChI=1S/C13H20ClNO/c1-16-8-3-2-5-12(10-15)11-6-4-7-13(14)9-11/h4,6-7,9,12H,2-3,5,8,10,15H2,1H3. The number of ether oxygens (including phenoxy) is 1. The molecular formula is C13H20ClNO. The Kier molecular flexibility index (Phi) is 6.46. The zero-order valence-electron chi connectivity index (χ0n) is 9.79. The van der Waals surface area contributed by atoms with E-state index in [9.17, 15) is 0 Å². The van der Waals surface area contributed by atoms with Crippen LogP contribution in [0.25, 0.3) is 0 Å². The van der Waals surface area contributed by atoms with E-state index < -0.39 is 0 Å². The van der Waals surface area contributed by atoms with Crippen molar-refractivity contribution in [3.8, 4) is 0 Å². The summed E-state index contributed by atoms with van der Waals surface area (Å²) in [6.07, 6.45) is 3.33. The van der Waals surface area contributed by atoms with Gasteiger partial charge in [-0.1, -0.05) is 30.2 Å². The summed E-state index contributed by atoms with van der Waals surface area (Å²) in [6, 6.07) is 7.98. The molecule has 90 valence electrons. The normalized spacial score (nSPS) is 12.7. The van der Waals surface area contributed by atoms with Gasteiger partial charge in [-0.15, -0.1) is 0 Å². The van der Waals surface area contributed by atoms with Crippen molar-refractivity contribution < 1.29 is 4.74 Å². The van der Waals surface area contributed by atoms with Gasteiger partial charge in [-0.25, -0.2) is 0 Å². The molecule has 2 nitrogen and oxygen atoms in total. The first-order valence-electron chi connectivity index (χ1n) is 5.72. The van der Waals surface area contributed by atoms with Crippen molar-refractivity contribution >= 4 is 11.6 Å². The minimum absolute atomic E-state index is 0.413. The second-order valence-corrected chi connectivity index (χ2v) is 4.41. The summed E-state index contributed by atoms with van der Waals surface area (Å²) < 4.78 is 5.03. The van der Waals surface area contributed by atoms with Gasteiger partial charge in [0.15, 0.2) is 0 Å². The fourth-order valence-electron chi connectivity index (χ4n) is 1.82. The molecule has 1 unspecified atom stereocenters. The van der Waals surface area contributed by atoms with Gasteiger partial charge in [0.2, 0.25) is 0 Å². The summed E-state index contributed by atoms with van der Waals surface area (Å²) >= 11 is 5.97. The molecule has 0 aliphatic rings. The molecular weight excluding hydrogens is 222 g/mol. The van der Waals surface area contributed by atoms with E-state index >= 15 is 0 Å². The van der Waals surface area contributed by atoms with Gasteiger partial charge < -0.3 is 10.5 Å². The van der Waals surface area contributed by atoms with E-state index in [0.717, 1.165) is 30.9 Å². The maximum atomic E-state index is 5.97. The quantitative estimate of drug-likeness (QED) is 0.744. The number of nitrogens with two attached hydrogens (primary N) is 1. The summed E-state index contributed by atoms with van der Waals surface area (Å²) in [5.74, 6) is 0.413. The lowest BCUT2D eigenvalue weighted by atomic mass is 9.94. The molecule has 1 atom stereocenters. The van der Waals surface area contributed by atoms with E-state index in [1.54, 1.807) is 7.11 Å². The van der Waals surface area contributed by atoms with E-state index in [0.29, 0.717) is 12.5 Å². The van der Waals surface area contributed by atoms with Crippen molar-refractivity contribution in [1.29, 1.82) is 0 Å². The van der Waals surface area contributed by atoms with Gasteiger partial charge in [-0.3, -0.25) is 0 Å². The van der Waals surface area contributed by atoms with E-state index in [1.165, 1.54) is 5.56 Å². The molecule has 0 aliphatic heterocycles. The topological polar surface area (TPSA) is 35.2 Å². The predicted octanol–water partition coefficient (Wildman–Crippen LogP) is 3.20. The van der Waals surface area contributed by atoms with Crippen LogP contribution in [0.15, 0.2) is 24.3 Å². The smallest absolute Gasteiger partial charge is 0.0462 e. The molecule has 2 N–H and O–H groups in total. The van der Waals surface area contributed by atoms with Crippen molar-refractivity contribution in [3.63, 3.8) is 0 Å². The van der Waals surface area contributed by atoms with E-state index in [4.69, 9.17) is 22.1 Å². The summed E-state index contributed by atoms with van der Waals surface area (Å²) in [5.41, 5.74) is 7.04. The second kappa shape index (κ2) is 7.66. The van der Waals surface area contributed by atoms with Crippen LogP contribution in [0.1, 0.15) is 30.7 Å². The van der Waals surface area contributed by atoms with Gasteiger partial charge >= 0.3 is 0 Å². The molecule has 0 aliphatic carbocycles. The Bertz CT molecular complexity index is 304. The lowest BCUT2D eigenvalue weighted by Crippen LogP contribution is -2.12. The van der Waals surface area contributed by atoms with Crippen LogP contribution >= 0.6 is 11.6 Å². The molecule has 0 saturated heterocycles. The van der Waals surface area contributed by atoms with Crippen LogP contribution < -0.4 is 5.73 Å². The zero-order chi connectivity index (χ0) is 11.8. The number of unbranched alkanes of at least 4 members (excludes halogenated alkanes) is 1. The largest absolute Gasteiger partial charge is 0.385 e. The molecule has 3 heteroatoms. The van der Waals surface area contributed by atoms with E-state index in [1.807, 2.05) is 18.2 Å². The Labute approximate surface area is 103 Å². The Morgan fingerprint density at radius 1 is 1.38 bits per heavy atom. The lowest BCUT2D eigenvalue weighted by molar-refractivity contribution is 0.191. The van der Waals surface area contributed by atoms with Crippen molar-refractivity contribution in [2.75, 3.05) is 20.3 Å². The molecule has 0 bridgehead atoms. The van der Waals surface area contributed by atoms with Gasteiger partial charge in [-0.05, 0) is 43.0 Å². The van der Waals surface area contributed by atoms with Crippen molar-refractivity contribution in [3.05, 3.63) is 34.9 Å². The fraction of sp³-hybridized carbons (Fsp3) is 0.538. The van der Waals surface area contributed by atoms with Crippen LogP contribution in [0.3, 0.4) is 0 Å². The van der Waals surface area contributed by atoms with Gasteiger partial charge in [0.1, 0.15) is 0 Å². The molecule has 1 aromatic rings. The third-order valence-corrected chi connectivity index (χ3v) is 2.99. The van der Waals surface area contributed by atoms with Crippen LogP contribution in [0.5, 0.6) is 0 Å². The van der Waals surface area contributed by atoms with Gasteiger partial charge in [0.05, 0.1) is 0 Å². The van der Waals surface area contributed by atoms with Gasteiger partial charge in [0.25, 0.3) is 0 Å². The predicted molar refractivity (Wildman–Crippen MR) is 69.0 cm³/mol. The first-order valence-corrected chi connectivity index (χ1v) is 6.10. The van der Waals surface area contributed by atoms with Crippen molar-refractivity contribution in [2.45, 2.75) is 25.2 Å². The Morgan fingerprint density at radius 2 is 2.19 bits per heavy atom. The highest BCUT2D eigenvalue weighted by molar-refractivity contribution is 6.30. The summed E-state index contributed by atoms with van der Waals surface area (Å²) in [7, 11) is 1.73. The summed E-state index contributed by atoms with van der Waals surface area (Å²) in [4.78, 5) is 0. The third kappa shape index (κ3) is 4.52. The summed E-state index contributed by atoms with van der Waals surface area (Å²) in [6.45, 7) is 1.50. The number of hydrogen-bond donors (Lipinski definition) is 1. The highest BCUT2D eigenvalue weighted by atomic mass is 35.5. The van der Waals surface area contributed by atoms with Gasteiger partial charge in [0, 0.05) is 18.7 Å². The number of rotatable bonds is 7. The Balaban J connectivity index is 2.47. The van der Waals surface area contributed by atoms with Crippen LogP contribution in [0.2, 0.25) is 5.02 Å². The molecule has 0 spiro atoms. The first kappa shape index (κ1) is 13.5. The number of benzene rings is 1. The van der Waals surface area contributed by atoms with Crippen molar-refractivity contribution in [2.24, 2.45) is 5.73 Å². The molecule has 0 aromatic heterocycles. The maximum absolute atomic E-state index is 5.97. The Morgan fingerprint density at radius 3 is 2.81 bits per heavy atom. The van der Waals surface area contributed by atoms with Crippen LogP contribution in [-0.4, -0.2) is 20.3 Å². The average Bonchev–Trinajstić information content (AvgIpc) is 2.29. The average molecular weight is 242 g/mol. The summed E-state index contributed by atoms with van der Waals surface area (Å²) in [5, 5.41) is 0.785. The Hall–Kier alpha value is -0.570. The van der Waals surface area contributed by atoms with E-state index in [-0.39, 0.29) is 0 Å². The second-order valence-electron chi connectivity index (χ2n) is 3.98. The number of hydrogen-bond acceptors (Lipinski definition) is 2. The van der Waals surface area contributed by atoms with Crippen LogP contribution in [0, 0.1) is 0 Å². The third-order valence-electron chi connectivity index (χ3n) is 2.76. The zero-order valence-corrected chi connectivity index (χ0v) is 10.5. The number of halogens is 1. The molecule has 1 rings (SSSR count). The molecule has 0 radical (unpaired) electrons. The number of methoxy groups -OCH3 is 1. The van der Waals surface area contributed by atoms with Crippen molar-refractivity contribution in [1.82, 2.24) is 0 Å². The molecule has 0 fully saturated rings. The lowest BCUT2D eigenvalue weighted by Gasteiger charge is -2.15. The molecule has 0 saturated carbocycles. The highest BCUT2D eigenvalue weighted by Crippen LogP contribution is 2.23. The fourth-order valence-corrected chi connectivity index (χ4v) is 2.02. The molecule has 0 amide bonds. The maximum Gasteiger partial charge on any atom is 0.0462 e. The molecule has 16 heavy (non-hydrogen) atoms. The molecule has 1 aromatic carbocycles. The first-order chi connectivity index (χ1) is 7.77.